The van der Waals surface area contributed by atoms with Crippen LogP contribution in [0.5, 0.6) is 0 Å². The lowest BCUT2D eigenvalue weighted by Gasteiger charge is -2.10. The summed E-state index contributed by atoms with van der Waals surface area (Å²) in [5.41, 5.74) is 3.75. The molecule has 2 aromatic carbocycles. The van der Waals surface area contributed by atoms with Crippen molar-refractivity contribution in [3.05, 3.63) is 83.2 Å². The maximum absolute atomic E-state index is 13.4. The van der Waals surface area contributed by atoms with E-state index in [9.17, 15) is 17.2 Å². The molecule has 6 nitrogen and oxygen atoms in total. The number of hydrogen-bond donors (Lipinski definition) is 1. The third-order valence-corrected chi connectivity index (χ3v) is 6.54. The van der Waals surface area contributed by atoms with Crippen molar-refractivity contribution in [2.75, 3.05) is 4.72 Å². The summed E-state index contributed by atoms with van der Waals surface area (Å²) in [6.45, 7) is 0.498. The number of nitrogens with zero attached hydrogens (tertiary/aromatic N) is 3. The molecule has 1 aliphatic carbocycles. The van der Waals surface area contributed by atoms with Gasteiger partial charge in [0, 0.05) is 29.1 Å². The number of sulfonamides is 1. The Hall–Kier alpha value is -3.33. The molecule has 1 fully saturated rings. The molecule has 0 unspecified atom stereocenters. The molecule has 9 heteroatoms. The molecule has 1 saturated carbocycles. The number of benzene rings is 2. The minimum Gasteiger partial charge on any atom is -0.280 e. The van der Waals surface area contributed by atoms with E-state index in [1.54, 1.807) is 24.4 Å². The van der Waals surface area contributed by atoms with Gasteiger partial charge in [-0.25, -0.2) is 17.2 Å². The summed E-state index contributed by atoms with van der Waals surface area (Å²) in [6, 6.07) is 7.74. The second-order valence-corrected chi connectivity index (χ2v) is 9.28. The Balaban J connectivity index is 1.37. The minimum atomic E-state index is -4.15. The summed E-state index contributed by atoms with van der Waals surface area (Å²) in [7, 11) is -4.15. The highest BCUT2D eigenvalue weighted by atomic mass is 32.2. The van der Waals surface area contributed by atoms with Gasteiger partial charge in [-0.2, -0.15) is 5.10 Å². The van der Waals surface area contributed by atoms with Gasteiger partial charge < -0.3 is 0 Å². The number of halogens is 2. The Morgan fingerprint density at radius 2 is 1.84 bits per heavy atom. The van der Waals surface area contributed by atoms with Crippen molar-refractivity contribution >= 4 is 27.5 Å². The number of hydrogen-bond acceptors (Lipinski definition) is 4. The standard InChI is InChI=1S/C22H18F2N4O2S/c23-16-7-17(24)9-20(8-16)31(29,30)27-18-3-2-15-12-25-22(21(15)10-18)6-1-14-11-26-28(13-14)19-4-5-19/h1-3,6-11,13,19,27H,4-5,12H2/b6-1+. The highest BCUT2D eigenvalue weighted by molar-refractivity contribution is 7.92. The first-order valence-electron chi connectivity index (χ1n) is 9.76. The van der Waals surface area contributed by atoms with E-state index in [0.29, 0.717) is 18.7 Å². The molecular formula is C22H18F2N4O2S. The quantitative estimate of drug-likeness (QED) is 0.621. The number of nitrogens with one attached hydrogen (secondary N) is 1. The Morgan fingerprint density at radius 3 is 2.58 bits per heavy atom. The van der Waals surface area contributed by atoms with E-state index in [0.717, 1.165) is 47.4 Å². The smallest absolute Gasteiger partial charge is 0.262 e. The van der Waals surface area contributed by atoms with Crippen LogP contribution in [0.1, 0.15) is 35.6 Å². The Morgan fingerprint density at radius 1 is 1.06 bits per heavy atom. The molecule has 3 aromatic rings. The van der Waals surface area contributed by atoms with Crippen molar-refractivity contribution in [2.45, 2.75) is 30.3 Å². The van der Waals surface area contributed by atoms with Crippen LogP contribution in [0.3, 0.4) is 0 Å². The molecule has 1 N–H and O–H groups in total. The highest BCUT2D eigenvalue weighted by Gasteiger charge is 2.24. The average molecular weight is 440 g/mol. The molecule has 1 aromatic heterocycles. The van der Waals surface area contributed by atoms with Crippen molar-refractivity contribution in [1.29, 1.82) is 0 Å². The summed E-state index contributed by atoms with van der Waals surface area (Å²) < 4.78 is 56.4. The van der Waals surface area contributed by atoms with Crippen molar-refractivity contribution < 1.29 is 17.2 Å². The van der Waals surface area contributed by atoms with Gasteiger partial charge in [0.15, 0.2) is 0 Å². The van der Waals surface area contributed by atoms with E-state index in [-0.39, 0.29) is 5.69 Å². The van der Waals surface area contributed by atoms with Crippen molar-refractivity contribution in [2.24, 2.45) is 4.99 Å². The molecule has 2 aliphatic rings. The molecule has 0 radical (unpaired) electrons. The average Bonchev–Trinajstić information content (AvgIpc) is 3.32. The Kier molecular flexibility index (Phi) is 4.70. The number of anilines is 1. The van der Waals surface area contributed by atoms with Crippen LogP contribution in [0.2, 0.25) is 0 Å². The van der Waals surface area contributed by atoms with Gasteiger partial charge in [-0.3, -0.25) is 14.4 Å². The zero-order chi connectivity index (χ0) is 21.6. The first-order valence-corrected chi connectivity index (χ1v) is 11.2. The zero-order valence-electron chi connectivity index (χ0n) is 16.3. The van der Waals surface area contributed by atoms with Crippen LogP contribution in [0.15, 0.2) is 64.8 Å². The van der Waals surface area contributed by atoms with Crippen molar-refractivity contribution in [1.82, 2.24) is 9.78 Å². The van der Waals surface area contributed by atoms with Crippen molar-refractivity contribution in [3.63, 3.8) is 0 Å². The highest BCUT2D eigenvalue weighted by Crippen LogP contribution is 2.34. The van der Waals surface area contributed by atoms with Gasteiger partial charge in [0.1, 0.15) is 11.6 Å². The van der Waals surface area contributed by atoms with Crippen LogP contribution < -0.4 is 4.72 Å². The number of aliphatic imine (C=N–C) groups is 1. The van der Waals surface area contributed by atoms with Gasteiger partial charge in [0.2, 0.25) is 0 Å². The third kappa shape index (κ3) is 4.13. The lowest BCUT2D eigenvalue weighted by Crippen LogP contribution is -2.14. The van der Waals surface area contributed by atoms with Crippen LogP contribution in [0.4, 0.5) is 14.5 Å². The van der Waals surface area contributed by atoms with Gasteiger partial charge in [0.05, 0.1) is 29.4 Å². The molecule has 0 amide bonds. The van der Waals surface area contributed by atoms with E-state index >= 15 is 0 Å². The summed E-state index contributed by atoms with van der Waals surface area (Å²) in [5, 5.41) is 4.36. The number of allylic oxidation sites excluding steroid dienone is 1. The summed E-state index contributed by atoms with van der Waals surface area (Å²) in [5.74, 6) is -1.92. The van der Waals surface area contributed by atoms with E-state index < -0.39 is 26.6 Å². The van der Waals surface area contributed by atoms with Crippen LogP contribution in [0.25, 0.3) is 6.08 Å². The lowest BCUT2D eigenvalue weighted by molar-refractivity contribution is 0.568. The maximum Gasteiger partial charge on any atom is 0.262 e. The maximum atomic E-state index is 13.4. The fourth-order valence-electron chi connectivity index (χ4n) is 3.46. The predicted molar refractivity (Wildman–Crippen MR) is 113 cm³/mol. The second kappa shape index (κ2) is 7.42. The number of aromatic nitrogens is 2. The van der Waals surface area contributed by atoms with Gasteiger partial charge >= 0.3 is 0 Å². The molecule has 0 saturated heterocycles. The molecule has 0 atom stereocenters. The van der Waals surface area contributed by atoms with E-state index in [2.05, 4.69) is 14.8 Å². The third-order valence-electron chi connectivity index (χ3n) is 5.18. The van der Waals surface area contributed by atoms with E-state index in [1.165, 1.54) is 0 Å². The van der Waals surface area contributed by atoms with E-state index in [4.69, 9.17) is 0 Å². The summed E-state index contributed by atoms with van der Waals surface area (Å²) in [6.07, 6.45) is 9.91. The molecular weight excluding hydrogens is 422 g/mol. The Labute approximate surface area is 178 Å². The second-order valence-electron chi connectivity index (χ2n) is 7.60. The number of fused-ring (bicyclic) bond motifs is 1. The van der Waals surface area contributed by atoms with Crippen molar-refractivity contribution in [3.8, 4) is 0 Å². The van der Waals surface area contributed by atoms with E-state index in [1.807, 2.05) is 23.0 Å². The first kappa shape index (κ1) is 19.6. The van der Waals surface area contributed by atoms with Crippen LogP contribution in [-0.2, 0) is 16.6 Å². The summed E-state index contributed by atoms with van der Waals surface area (Å²) in [4.78, 5) is 4.04. The van der Waals surface area contributed by atoms with Crippen LogP contribution >= 0.6 is 0 Å². The fourth-order valence-corrected chi connectivity index (χ4v) is 4.56. The lowest BCUT2D eigenvalue weighted by atomic mass is 10.0. The molecule has 31 heavy (non-hydrogen) atoms. The monoisotopic (exact) mass is 440 g/mol. The molecule has 0 spiro atoms. The van der Waals surface area contributed by atoms with Gasteiger partial charge in [-0.05, 0) is 54.8 Å². The van der Waals surface area contributed by atoms with Crippen LogP contribution in [-0.4, -0.2) is 23.9 Å². The number of rotatable bonds is 6. The molecule has 0 bridgehead atoms. The molecule has 158 valence electrons. The zero-order valence-corrected chi connectivity index (χ0v) is 17.1. The molecule has 2 heterocycles. The predicted octanol–water partition coefficient (Wildman–Crippen LogP) is 4.31. The van der Waals surface area contributed by atoms with Gasteiger partial charge in [0.25, 0.3) is 10.0 Å². The first-order chi connectivity index (χ1) is 14.9. The topological polar surface area (TPSA) is 76.3 Å². The SMILES string of the molecule is O=S(=O)(Nc1ccc2c(c1)C(/C=C/c1cnn(C3CC3)c1)=NC2)c1cc(F)cc(F)c1. The van der Waals surface area contributed by atoms with Gasteiger partial charge in [-0.1, -0.05) is 6.07 Å². The fraction of sp³-hybridized carbons (Fsp3) is 0.182. The summed E-state index contributed by atoms with van der Waals surface area (Å²) >= 11 is 0. The van der Waals surface area contributed by atoms with Crippen LogP contribution in [0, 0.1) is 11.6 Å². The Bertz CT molecular complexity index is 1320. The largest absolute Gasteiger partial charge is 0.280 e. The normalized spacial score (nSPS) is 15.9. The molecule has 1 aliphatic heterocycles. The molecule has 5 rings (SSSR count). The minimum absolute atomic E-state index is 0.285. The van der Waals surface area contributed by atoms with Gasteiger partial charge in [-0.15, -0.1) is 0 Å².